The molecule has 0 radical (unpaired) electrons. The molecule has 0 aromatic rings. The van der Waals surface area contributed by atoms with Crippen LogP contribution in [0.25, 0.3) is 0 Å². The molecule has 0 aliphatic carbocycles. The van der Waals surface area contributed by atoms with Gasteiger partial charge in [-0.25, -0.2) is 0 Å². The van der Waals surface area contributed by atoms with Gasteiger partial charge in [0, 0.05) is 13.8 Å². The van der Waals surface area contributed by atoms with Crippen molar-refractivity contribution in [3.63, 3.8) is 0 Å². The molecule has 9 aliphatic heterocycles. The third-order valence-corrected chi connectivity index (χ3v) is 19.5. The number of ether oxygens (including phenoxy) is 17. The number of aliphatic hydroxyl groups is 27. The average Bonchev–Trinajstić information content (AvgIpc) is 0.812. The maximum atomic E-state index is 12.9. The topological polar surface area (TPSA) is 761 Å². The monoisotopic (exact) mass is 1560 g/mol. The van der Waals surface area contributed by atoms with Crippen molar-refractivity contribution in [1.82, 2.24) is 10.6 Å². The molecule has 0 bridgehead atoms. The van der Waals surface area contributed by atoms with Gasteiger partial charge in [-0.3, -0.25) is 9.59 Å². The molecule has 9 saturated heterocycles. The van der Waals surface area contributed by atoms with E-state index in [4.69, 9.17) is 80.5 Å². The fourth-order valence-electron chi connectivity index (χ4n) is 13.5. The van der Waals surface area contributed by atoms with Gasteiger partial charge in [0.1, 0.15) is 220 Å². The molecule has 616 valence electrons. The Labute approximate surface area is 598 Å². The Morgan fingerprint density at radius 3 is 0.858 bits per heavy atom. The Morgan fingerprint density at radius 1 is 0.245 bits per heavy atom. The fourth-order valence-corrected chi connectivity index (χ4v) is 13.5. The first kappa shape index (κ1) is 87.2. The van der Waals surface area contributed by atoms with Crippen LogP contribution < -0.4 is 10.6 Å². The van der Waals surface area contributed by atoms with E-state index in [2.05, 4.69) is 10.6 Å². The highest BCUT2D eigenvalue weighted by molar-refractivity contribution is 5.73. The van der Waals surface area contributed by atoms with Crippen molar-refractivity contribution in [3.05, 3.63) is 0 Å². The summed E-state index contributed by atoms with van der Waals surface area (Å²) in [5.74, 6) is -1.71. The molecule has 2 amide bonds. The zero-order chi connectivity index (χ0) is 77.9. The molecule has 9 fully saturated rings. The van der Waals surface area contributed by atoms with Crippen LogP contribution in [-0.4, -0.2) is 485 Å². The summed E-state index contributed by atoms with van der Waals surface area (Å²) in [4.78, 5) is 25.0. The van der Waals surface area contributed by atoms with Crippen molar-refractivity contribution < 1.29 is 228 Å². The Bertz CT molecular complexity index is 2710. The first-order valence-electron chi connectivity index (χ1n) is 33.7. The molecule has 0 unspecified atom stereocenters. The highest BCUT2D eigenvalue weighted by Crippen LogP contribution is 2.39. The Balaban J connectivity index is 1.000. The lowest BCUT2D eigenvalue weighted by molar-refractivity contribution is -0.395. The Morgan fingerprint density at radius 2 is 0.481 bits per heavy atom. The van der Waals surface area contributed by atoms with Crippen LogP contribution in [0.5, 0.6) is 0 Å². The molecule has 9 aliphatic rings. The highest BCUT2D eigenvalue weighted by atomic mass is 16.8. The summed E-state index contributed by atoms with van der Waals surface area (Å²) >= 11 is 0. The van der Waals surface area contributed by atoms with E-state index in [-0.39, 0.29) is 0 Å². The van der Waals surface area contributed by atoms with Gasteiger partial charge < -0.3 is 229 Å². The fraction of sp³-hybridized carbons (Fsp3) is 0.966. The van der Waals surface area contributed by atoms with Crippen LogP contribution in [0.2, 0.25) is 0 Å². The first-order chi connectivity index (χ1) is 50.1. The lowest BCUT2D eigenvalue weighted by Crippen LogP contribution is -2.70. The second-order valence-electron chi connectivity index (χ2n) is 26.8. The maximum Gasteiger partial charge on any atom is 0.217 e. The van der Waals surface area contributed by atoms with Crippen molar-refractivity contribution in [1.29, 1.82) is 0 Å². The zero-order valence-electron chi connectivity index (χ0n) is 56.2. The van der Waals surface area contributed by atoms with E-state index in [1.807, 2.05) is 0 Å². The van der Waals surface area contributed by atoms with Crippen LogP contribution in [0.4, 0.5) is 0 Å². The lowest BCUT2D eigenvalue weighted by atomic mass is 9.94. The molecule has 48 heteroatoms. The largest absolute Gasteiger partial charge is 0.394 e. The van der Waals surface area contributed by atoms with Crippen molar-refractivity contribution in [3.8, 4) is 0 Å². The second kappa shape index (κ2) is 37.9. The zero-order valence-corrected chi connectivity index (χ0v) is 56.2. The molecule has 9 rings (SSSR count). The summed E-state index contributed by atoms with van der Waals surface area (Å²) in [6.07, 6.45) is -88.7. The SMILES string of the molecule is CC(=O)N[C@@H]1[C@@H](O)[C@H](O[C@@H]2O[C@H](CO)[C@@H](O[C@@H]3O[C@H](CO[C@H]4O[C@H](CO[C@H]5O[C@H](CO)[C@@H](O)[C@H](O[C@H]6O[C@H](CO)[C@@H](O)[C@H](O)[C@@H]6O)[C@@H]5O)[C@@H](O)[C@H](O)[C@@H]4O)[C@@H](O)[C@H](O[C@H]4O[C@H](CO[C@H]5O[C@H](CO)[C@@H](O)[C@H](O)[C@@H]5O)[C@@H](O)[C@H](O[C@H]5O[C@H](CO)[C@@H](O)[C@H](O)[C@@H]5O)[C@@H]4O)[C@@H]3O)[C@H](O)[C@H]2NC(C)=O)[C@@H](CO)O[C@H]1O. The van der Waals surface area contributed by atoms with E-state index in [0.717, 1.165) is 13.8 Å². The van der Waals surface area contributed by atoms with E-state index in [1.54, 1.807) is 0 Å². The van der Waals surface area contributed by atoms with Gasteiger partial charge in [-0.2, -0.15) is 0 Å². The molecule has 9 heterocycles. The number of carbonyl (C=O) groups excluding carboxylic acids is 2. The summed E-state index contributed by atoms with van der Waals surface area (Å²) in [5, 5.41) is 300. The van der Waals surface area contributed by atoms with Crippen LogP contribution in [0.3, 0.4) is 0 Å². The molecule has 48 nitrogen and oxygen atoms in total. The van der Waals surface area contributed by atoms with E-state index >= 15 is 0 Å². The van der Waals surface area contributed by atoms with Gasteiger partial charge >= 0.3 is 0 Å². The second-order valence-corrected chi connectivity index (χ2v) is 26.8. The summed E-state index contributed by atoms with van der Waals surface area (Å²) in [5.41, 5.74) is 0. The molecule has 106 heavy (non-hydrogen) atoms. The molecule has 0 saturated carbocycles. The normalized spacial score (nSPS) is 51.2. The number of aliphatic hydroxyl groups excluding tert-OH is 27. The molecule has 0 aromatic heterocycles. The predicted octanol–water partition coefficient (Wildman–Crippen LogP) is -20.3. The number of nitrogens with one attached hydrogen (secondary N) is 2. The average molecular weight is 1560 g/mol. The summed E-state index contributed by atoms with van der Waals surface area (Å²) < 4.78 is 97.7. The minimum absolute atomic E-state index is 0.780. The number of hydrogen-bond donors (Lipinski definition) is 29. The van der Waals surface area contributed by atoms with Gasteiger partial charge in [0.05, 0.1) is 59.5 Å². The quantitative estimate of drug-likeness (QED) is 0.0363. The minimum atomic E-state index is -2.54. The van der Waals surface area contributed by atoms with Gasteiger partial charge in [0.15, 0.2) is 56.6 Å². The van der Waals surface area contributed by atoms with Gasteiger partial charge in [-0.05, 0) is 0 Å². The minimum Gasteiger partial charge on any atom is -0.394 e. The third-order valence-electron chi connectivity index (χ3n) is 19.5. The molecule has 0 spiro atoms. The van der Waals surface area contributed by atoms with E-state index in [9.17, 15) is 147 Å². The predicted molar refractivity (Wildman–Crippen MR) is 320 cm³/mol. The van der Waals surface area contributed by atoms with Crippen LogP contribution in [0.15, 0.2) is 0 Å². The molecule has 29 N–H and O–H groups in total. The molecule has 45 atom stereocenters. The standard InChI is InChI=1S/C58H98N2O46/c1-12(67)59-23-32(76)45(18(7-65)93-50(23)89)102-51-24(60-13(2)68)33(77)46(19(8-66)98-51)103-57-43(87)49(106-58-44(88)48(105-56-41(85)36(80)27(71)16(5-63)97-56)30(74)22(101-58)10-90-52-38(82)34(78)25(69)14(3-61)94-52)31(75)21(100-57)11-91-53-39(83)37(81)28(72)20(99-53)9-92-54-42(86)47(29(73)17(6-64)95-54)104-55-40(84)35(79)26(70)15(4-62)96-55/h14-58,61-66,69-89H,3-11H2,1-2H3,(H,59,67)(H,60,68)/t14-,15-,16-,17-,18-,19-,20-,21-,22-,23-,24-,25-,26-,27-,28-,29-,30-,31-,32-,33-,34+,35+,36+,37+,38+,39+,40+,41+,42+,43+,44+,45-,46-,47+,48+,49+,50-,51+,52+,53+,54+,55-,56-,57+,58-/m1/s1. The smallest absolute Gasteiger partial charge is 0.217 e. The van der Waals surface area contributed by atoms with Crippen LogP contribution in [0.1, 0.15) is 13.8 Å². The van der Waals surface area contributed by atoms with Crippen LogP contribution in [-0.2, 0) is 90.1 Å². The van der Waals surface area contributed by atoms with E-state index in [0.29, 0.717) is 0 Å². The molecular formula is C58H98N2O46. The summed E-state index contributed by atoms with van der Waals surface area (Å²) in [7, 11) is 0. The van der Waals surface area contributed by atoms with Gasteiger partial charge in [0.2, 0.25) is 11.8 Å². The van der Waals surface area contributed by atoms with Crippen molar-refractivity contribution in [2.75, 3.05) is 59.5 Å². The highest BCUT2D eigenvalue weighted by Gasteiger charge is 2.60. The van der Waals surface area contributed by atoms with Crippen molar-refractivity contribution >= 4 is 11.8 Å². The molecule has 0 aromatic carbocycles. The Kier molecular flexibility index (Phi) is 31.1. The first-order valence-corrected chi connectivity index (χ1v) is 33.7. The summed E-state index contributed by atoms with van der Waals surface area (Å²) in [6, 6.07) is -3.54. The van der Waals surface area contributed by atoms with Gasteiger partial charge in [0.25, 0.3) is 0 Å². The van der Waals surface area contributed by atoms with E-state index < -0.39 is 348 Å². The van der Waals surface area contributed by atoms with Crippen molar-refractivity contribution in [2.24, 2.45) is 0 Å². The number of carbonyl (C=O) groups is 2. The lowest BCUT2D eigenvalue weighted by Gasteiger charge is -2.50. The Hall–Kier alpha value is -2.82. The maximum absolute atomic E-state index is 12.9. The van der Waals surface area contributed by atoms with Gasteiger partial charge in [-0.15, -0.1) is 0 Å². The van der Waals surface area contributed by atoms with Crippen LogP contribution in [0, 0.1) is 0 Å². The number of hydrogen-bond acceptors (Lipinski definition) is 46. The third kappa shape index (κ3) is 18.8. The van der Waals surface area contributed by atoms with Gasteiger partial charge in [-0.1, -0.05) is 0 Å². The molecular weight excluding hydrogens is 1460 g/mol. The van der Waals surface area contributed by atoms with Crippen molar-refractivity contribution in [2.45, 2.75) is 290 Å². The van der Waals surface area contributed by atoms with Crippen LogP contribution >= 0.6 is 0 Å². The number of rotatable bonds is 27. The van der Waals surface area contributed by atoms with E-state index in [1.165, 1.54) is 0 Å². The number of amides is 2. The summed E-state index contributed by atoms with van der Waals surface area (Å²) in [6.45, 7) is -7.29.